The third-order valence-corrected chi connectivity index (χ3v) is 7.23. The molecule has 1 amide bonds. The van der Waals surface area contributed by atoms with Crippen molar-refractivity contribution in [3.63, 3.8) is 0 Å². The topological polar surface area (TPSA) is 73.6 Å². The van der Waals surface area contributed by atoms with E-state index < -0.39 is 0 Å². The molecule has 4 atom stereocenters. The predicted octanol–water partition coefficient (Wildman–Crippen LogP) is 0.336. The summed E-state index contributed by atoms with van der Waals surface area (Å²) < 4.78 is 2.14. The fraction of sp³-hybridized carbons (Fsp3) is 0.800. The highest BCUT2D eigenvalue weighted by Crippen LogP contribution is 2.41. The number of imidazole rings is 1. The number of aliphatic hydroxyl groups is 1. The molecule has 5 heterocycles. The summed E-state index contributed by atoms with van der Waals surface area (Å²) in [5, 5.41) is 13.4. The predicted molar refractivity (Wildman–Crippen MR) is 102 cm³/mol. The number of hydrogen-bond donors (Lipinski definition) is 2. The Morgan fingerprint density at radius 2 is 2.11 bits per heavy atom. The van der Waals surface area contributed by atoms with Gasteiger partial charge in [-0.25, -0.2) is 4.98 Å². The van der Waals surface area contributed by atoms with Gasteiger partial charge in [-0.15, -0.1) is 0 Å². The van der Waals surface area contributed by atoms with Crippen LogP contribution in [0.3, 0.4) is 0 Å². The van der Waals surface area contributed by atoms with Crippen LogP contribution in [0.1, 0.15) is 42.0 Å². The summed E-state index contributed by atoms with van der Waals surface area (Å²) in [6.45, 7) is 5.66. The van der Waals surface area contributed by atoms with Crippen LogP contribution in [-0.2, 0) is 13.0 Å². The zero-order valence-electron chi connectivity index (χ0n) is 16.0. The number of likely N-dealkylation sites (tertiary alicyclic amines) is 1. The van der Waals surface area contributed by atoms with Gasteiger partial charge in [0.25, 0.3) is 5.91 Å². The first-order valence-corrected chi connectivity index (χ1v) is 10.7. The molecule has 3 fully saturated rings. The number of piperidine rings is 3. The van der Waals surface area contributed by atoms with Gasteiger partial charge in [-0.1, -0.05) is 6.42 Å². The molecule has 7 heteroatoms. The molecule has 0 spiro atoms. The molecule has 148 valence electrons. The van der Waals surface area contributed by atoms with Crippen molar-refractivity contribution >= 4 is 5.91 Å². The normalized spacial score (nSPS) is 33.9. The molecule has 5 rings (SSSR count). The lowest BCUT2D eigenvalue weighted by atomic mass is 9.72. The Kier molecular flexibility index (Phi) is 4.70. The second kappa shape index (κ2) is 7.18. The number of nitrogens with zero attached hydrogens (tertiary/aromatic N) is 4. The Hall–Kier alpha value is -1.44. The third-order valence-electron chi connectivity index (χ3n) is 7.23. The van der Waals surface area contributed by atoms with Gasteiger partial charge in [0.15, 0.2) is 0 Å². The van der Waals surface area contributed by atoms with E-state index in [1.807, 2.05) is 11.1 Å². The average Bonchev–Trinajstić information content (AvgIpc) is 2.98. The second-order valence-corrected chi connectivity index (χ2v) is 8.75. The molecular formula is C20H31N5O2. The van der Waals surface area contributed by atoms with Gasteiger partial charge in [0.2, 0.25) is 0 Å². The van der Waals surface area contributed by atoms with E-state index in [9.17, 15) is 9.90 Å². The molecule has 0 unspecified atom stereocenters. The van der Waals surface area contributed by atoms with Crippen LogP contribution >= 0.6 is 0 Å². The van der Waals surface area contributed by atoms with Crippen molar-refractivity contribution in [1.29, 1.82) is 0 Å². The van der Waals surface area contributed by atoms with Crippen molar-refractivity contribution < 1.29 is 9.90 Å². The van der Waals surface area contributed by atoms with Crippen molar-refractivity contribution in [3.05, 3.63) is 17.7 Å². The maximum Gasteiger partial charge on any atom is 0.274 e. The van der Waals surface area contributed by atoms with Crippen LogP contribution in [0, 0.1) is 11.8 Å². The van der Waals surface area contributed by atoms with Crippen molar-refractivity contribution in [2.45, 2.75) is 50.7 Å². The van der Waals surface area contributed by atoms with Gasteiger partial charge in [-0.2, -0.15) is 0 Å². The number of hydrogen-bond acceptors (Lipinski definition) is 5. The van der Waals surface area contributed by atoms with Gasteiger partial charge in [-0.05, 0) is 37.6 Å². The maximum absolute atomic E-state index is 13.2. The number of fused-ring (bicyclic) bond motifs is 5. The van der Waals surface area contributed by atoms with Gasteiger partial charge in [0, 0.05) is 57.4 Å². The highest BCUT2D eigenvalue weighted by Gasteiger charge is 2.47. The Labute approximate surface area is 160 Å². The number of carbonyl (C=O) groups excluding carboxylic acids is 1. The minimum Gasteiger partial charge on any atom is -0.395 e. The summed E-state index contributed by atoms with van der Waals surface area (Å²) in [6, 6.07) is 0.750. The largest absolute Gasteiger partial charge is 0.395 e. The molecule has 2 N–H and O–H groups in total. The van der Waals surface area contributed by atoms with Crippen LogP contribution in [0.5, 0.6) is 0 Å². The minimum atomic E-state index is 0.0826. The van der Waals surface area contributed by atoms with Gasteiger partial charge < -0.3 is 19.9 Å². The highest BCUT2D eigenvalue weighted by atomic mass is 16.3. The molecule has 7 nitrogen and oxygen atoms in total. The second-order valence-electron chi connectivity index (χ2n) is 8.75. The molecular weight excluding hydrogens is 342 g/mol. The molecule has 4 aliphatic heterocycles. The van der Waals surface area contributed by atoms with E-state index in [4.69, 9.17) is 0 Å². The molecule has 0 aromatic carbocycles. The van der Waals surface area contributed by atoms with E-state index >= 15 is 0 Å². The first kappa shape index (κ1) is 17.6. The molecule has 1 aromatic heterocycles. The van der Waals surface area contributed by atoms with Gasteiger partial charge in [-0.3, -0.25) is 9.69 Å². The molecule has 3 saturated heterocycles. The Balaban J connectivity index is 1.36. The Morgan fingerprint density at radius 3 is 3.00 bits per heavy atom. The van der Waals surface area contributed by atoms with Crippen LogP contribution < -0.4 is 5.32 Å². The SMILES string of the molecule is O=C(c1cn2c(n1)CCNCC2)N1C[C@H]2C[C@@H](C1)[C@H](CO)N1CCCC[C@@H]21. The maximum atomic E-state index is 13.2. The molecule has 0 aliphatic carbocycles. The number of rotatable bonds is 2. The van der Waals surface area contributed by atoms with Crippen molar-refractivity contribution in [1.82, 2.24) is 24.7 Å². The average molecular weight is 374 g/mol. The first-order chi connectivity index (χ1) is 13.2. The Morgan fingerprint density at radius 1 is 1.22 bits per heavy atom. The summed E-state index contributed by atoms with van der Waals surface area (Å²) in [5.74, 6) is 2.03. The van der Waals surface area contributed by atoms with Crippen molar-refractivity contribution in [2.24, 2.45) is 11.8 Å². The van der Waals surface area contributed by atoms with Gasteiger partial charge in [0.05, 0.1) is 6.61 Å². The van der Waals surface area contributed by atoms with Crippen LogP contribution in [0.25, 0.3) is 0 Å². The van der Waals surface area contributed by atoms with E-state index in [0.29, 0.717) is 23.6 Å². The lowest BCUT2D eigenvalue weighted by Crippen LogP contribution is -2.65. The number of aromatic nitrogens is 2. The van der Waals surface area contributed by atoms with E-state index in [1.54, 1.807) is 0 Å². The van der Waals surface area contributed by atoms with E-state index in [1.165, 1.54) is 19.3 Å². The standard InChI is InChI=1S/C20H31N5O2/c26-13-18-15-9-14(17-3-1-2-7-25(17)18)10-24(11-15)20(27)16-12-23-8-6-21-5-4-19(23)22-16/h12,14-15,17-18,21,26H,1-11,13H2/t14-,15+,17+,18+/m1/s1. The van der Waals surface area contributed by atoms with E-state index in [-0.39, 0.29) is 18.6 Å². The Bertz CT molecular complexity index is 667. The smallest absolute Gasteiger partial charge is 0.274 e. The lowest BCUT2D eigenvalue weighted by Gasteiger charge is -2.56. The van der Waals surface area contributed by atoms with Crippen LogP contribution in [0.15, 0.2) is 6.20 Å². The zero-order valence-corrected chi connectivity index (χ0v) is 16.0. The summed E-state index contributed by atoms with van der Waals surface area (Å²) in [5.41, 5.74) is 0.605. The fourth-order valence-corrected chi connectivity index (χ4v) is 5.96. The lowest BCUT2D eigenvalue weighted by molar-refractivity contribution is -0.0795. The van der Waals surface area contributed by atoms with Gasteiger partial charge in [0.1, 0.15) is 11.5 Å². The number of amides is 1. The van der Waals surface area contributed by atoms with Crippen LogP contribution in [-0.4, -0.2) is 81.8 Å². The monoisotopic (exact) mass is 373 g/mol. The minimum absolute atomic E-state index is 0.0826. The number of aliphatic hydroxyl groups excluding tert-OH is 1. The molecule has 0 radical (unpaired) electrons. The summed E-state index contributed by atoms with van der Waals surface area (Å²) >= 11 is 0. The molecule has 1 aromatic rings. The fourth-order valence-electron chi connectivity index (χ4n) is 5.96. The van der Waals surface area contributed by atoms with Crippen molar-refractivity contribution in [2.75, 3.05) is 39.3 Å². The number of nitrogens with one attached hydrogen (secondary N) is 1. The molecule has 27 heavy (non-hydrogen) atoms. The summed E-state index contributed by atoms with van der Waals surface area (Å²) in [7, 11) is 0. The highest BCUT2D eigenvalue weighted by molar-refractivity contribution is 5.92. The van der Waals surface area contributed by atoms with Crippen LogP contribution in [0.2, 0.25) is 0 Å². The zero-order chi connectivity index (χ0) is 18.4. The van der Waals surface area contributed by atoms with Crippen molar-refractivity contribution in [3.8, 4) is 0 Å². The van der Waals surface area contributed by atoms with E-state index in [2.05, 4.69) is 19.8 Å². The first-order valence-electron chi connectivity index (χ1n) is 10.7. The molecule has 2 bridgehead atoms. The van der Waals surface area contributed by atoms with Gasteiger partial charge >= 0.3 is 0 Å². The summed E-state index contributed by atoms with van der Waals surface area (Å²) in [4.78, 5) is 22.5. The molecule has 4 aliphatic rings. The number of carbonyl (C=O) groups is 1. The van der Waals surface area contributed by atoms with E-state index in [0.717, 1.165) is 57.9 Å². The van der Waals surface area contributed by atoms with Crippen LogP contribution in [0.4, 0.5) is 0 Å². The summed E-state index contributed by atoms with van der Waals surface area (Å²) in [6.07, 6.45) is 7.71. The molecule has 0 saturated carbocycles. The third kappa shape index (κ3) is 3.09. The quantitative estimate of drug-likeness (QED) is 0.782.